The van der Waals surface area contributed by atoms with Crippen LogP contribution in [0.3, 0.4) is 0 Å². The van der Waals surface area contributed by atoms with Crippen molar-refractivity contribution in [3.8, 4) is 0 Å². The Bertz CT molecular complexity index is 797. The van der Waals surface area contributed by atoms with E-state index in [2.05, 4.69) is 31.0 Å². The van der Waals surface area contributed by atoms with E-state index in [1.165, 1.54) is 29.5 Å². The van der Waals surface area contributed by atoms with Gasteiger partial charge in [0.2, 0.25) is 0 Å². The largest absolute Gasteiger partial charge is 0.478 e. The summed E-state index contributed by atoms with van der Waals surface area (Å²) in [7, 11) is 0. The van der Waals surface area contributed by atoms with Crippen LogP contribution < -0.4 is 0 Å². The van der Waals surface area contributed by atoms with Gasteiger partial charge in [-0.1, -0.05) is 18.2 Å². The quantitative estimate of drug-likeness (QED) is 0.917. The van der Waals surface area contributed by atoms with Gasteiger partial charge in [0, 0.05) is 18.8 Å². The van der Waals surface area contributed by atoms with Crippen molar-refractivity contribution in [1.29, 1.82) is 0 Å². The second-order valence-corrected chi connectivity index (χ2v) is 6.32. The zero-order valence-corrected chi connectivity index (χ0v) is 13.8. The number of benzene rings is 1. The Kier molecular flexibility index (Phi) is 4.34. The van der Waals surface area contributed by atoms with Crippen molar-refractivity contribution < 1.29 is 14.7 Å². The van der Waals surface area contributed by atoms with Crippen LogP contribution in [-0.2, 0) is 6.54 Å². The summed E-state index contributed by atoms with van der Waals surface area (Å²) in [5.41, 5.74) is 3.76. The summed E-state index contributed by atoms with van der Waals surface area (Å²) in [4.78, 5) is 29.8. The molecule has 1 aromatic carbocycles. The number of aromatic carboxylic acids is 1. The van der Waals surface area contributed by atoms with Crippen molar-refractivity contribution in [2.75, 3.05) is 0 Å². The lowest BCUT2D eigenvalue weighted by Gasteiger charge is -2.22. The van der Waals surface area contributed by atoms with Crippen molar-refractivity contribution in [3.63, 3.8) is 0 Å². The minimum atomic E-state index is -1.06. The third-order valence-corrected chi connectivity index (χ3v) is 4.40. The van der Waals surface area contributed by atoms with Crippen LogP contribution in [0.1, 0.15) is 50.4 Å². The molecule has 1 aliphatic rings. The van der Waals surface area contributed by atoms with E-state index in [-0.39, 0.29) is 23.2 Å². The highest BCUT2D eigenvalue weighted by molar-refractivity contribution is 5.96. The van der Waals surface area contributed by atoms with Gasteiger partial charge in [-0.2, -0.15) is 0 Å². The summed E-state index contributed by atoms with van der Waals surface area (Å²) in [5, 5.41) is 9.09. The Balaban J connectivity index is 1.85. The second kappa shape index (κ2) is 6.43. The lowest BCUT2D eigenvalue weighted by atomic mass is 10.1. The number of carbonyl (C=O) groups is 2. The summed E-state index contributed by atoms with van der Waals surface area (Å²) in [5.74, 6) is -1.27. The number of amides is 1. The molecule has 5 heteroatoms. The monoisotopic (exact) mass is 324 g/mol. The average molecular weight is 324 g/mol. The van der Waals surface area contributed by atoms with E-state index in [9.17, 15) is 9.59 Å². The third kappa shape index (κ3) is 3.45. The van der Waals surface area contributed by atoms with Crippen LogP contribution in [0.2, 0.25) is 0 Å². The molecule has 124 valence electrons. The molecule has 1 amide bonds. The molecule has 0 radical (unpaired) electrons. The molecule has 0 atom stereocenters. The van der Waals surface area contributed by atoms with Crippen LogP contribution in [-0.4, -0.2) is 32.9 Å². The van der Waals surface area contributed by atoms with Gasteiger partial charge in [0.1, 0.15) is 5.69 Å². The van der Waals surface area contributed by atoms with Gasteiger partial charge in [0.25, 0.3) is 5.91 Å². The molecule has 0 spiro atoms. The van der Waals surface area contributed by atoms with E-state index in [0.29, 0.717) is 6.54 Å². The van der Waals surface area contributed by atoms with Gasteiger partial charge < -0.3 is 10.0 Å². The number of rotatable bonds is 5. The first-order valence-electron chi connectivity index (χ1n) is 8.02. The van der Waals surface area contributed by atoms with E-state index in [4.69, 9.17) is 5.11 Å². The maximum atomic E-state index is 12.8. The number of carboxylic acid groups (broad SMARTS) is 1. The van der Waals surface area contributed by atoms with Gasteiger partial charge in [0.05, 0.1) is 5.56 Å². The van der Waals surface area contributed by atoms with Gasteiger partial charge >= 0.3 is 5.97 Å². The van der Waals surface area contributed by atoms with Gasteiger partial charge in [-0.15, -0.1) is 0 Å². The molecule has 1 fully saturated rings. The van der Waals surface area contributed by atoms with E-state index >= 15 is 0 Å². The molecular weight excluding hydrogens is 304 g/mol. The molecule has 0 saturated heterocycles. The van der Waals surface area contributed by atoms with Crippen LogP contribution >= 0.6 is 0 Å². The minimum Gasteiger partial charge on any atom is -0.478 e. The van der Waals surface area contributed by atoms with Crippen molar-refractivity contribution in [3.05, 3.63) is 64.5 Å². The minimum absolute atomic E-state index is 0.0790. The molecule has 2 aromatic rings. The molecule has 1 aliphatic carbocycles. The lowest BCUT2D eigenvalue weighted by molar-refractivity contribution is 0.0696. The molecule has 1 aromatic heterocycles. The molecule has 24 heavy (non-hydrogen) atoms. The molecule has 1 heterocycles. The van der Waals surface area contributed by atoms with Gasteiger partial charge in [0.15, 0.2) is 0 Å². The van der Waals surface area contributed by atoms with E-state index < -0.39 is 5.97 Å². The number of carboxylic acids is 1. The number of pyridine rings is 1. The maximum absolute atomic E-state index is 12.8. The van der Waals surface area contributed by atoms with Crippen molar-refractivity contribution in [2.45, 2.75) is 39.3 Å². The van der Waals surface area contributed by atoms with E-state index in [1.54, 1.807) is 4.90 Å². The first-order chi connectivity index (χ1) is 11.5. The highest BCUT2D eigenvalue weighted by Crippen LogP contribution is 2.30. The van der Waals surface area contributed by atoms with Crippen molar-refractivity contribution in [2.24, 2.45) is 0 Å². The molecule has 3 rings (SSSR count). The summed E-state index contributed by atoms with van der Waals surface area (Å²) < 4.78 is 0. The predicted octanol–water partition coefficient (Wildman–Crippen LogP) is 3.20. The normalized spacial score (nSPS) is 13.6. The third-order valence-electron chi connectivity index (χ3n) is 4.40. The maximum Gasteiger partial charge on any atom is 0.335 e. The number of hydrogen-bond donors (Lipinski definition) is 1. The fourth-order valence-electron chi connectivity index (χ4n) is 2.68. The highest BCUT2D eigenvalue weighted by atomic mass is 16.4. The Hall–Kier alpha value is -2.69. The second-order valence-electron chi connectivity index (χ2n) is 6.32. The van der Waals surface area contributed by atoms with Crippen molar-refractivity contribution in [1.82, 2.24) is 9.88 Å². The number of nitrogens with zero attached hydrogens (tertiary/aromatic N) is 2. The van der Waals surface area contributed by atoms with Crippen LogP contribution in [0.4, 0.5) is 0 Å². The molecule has 0 bridgehead atoms. The first kappa shape index (κ1) is 16.2. The molecule has 1 saturated carbocycles. The Morgan fingerprint density at radius 2 is 1.92 bits per heavy atom. The number of carbonyl (C=O) groups excluding carboxylic acids is 1. The first-order valence-corrected chi connectivity index (χ1v) is 8.02. The van der Waals surface area contributed by atoms with Gasteiger partial charge in [-0.05, 0) is 55.5 Å². The smallest absolute Gasteiger partial charge is 0.335 e. The average Bonchev–Trinajstić information content (AvgIpc) is 3.40. The SMILES string of the molecule is Cc1ccc(CN(C(=O)c2cc(C(=O)O)ccn2)C2CC2)cc1C. The summed E-state index contributed by atoms with van der Waals surface area (Å²) in [6.45, 7) is 4.63. The van der Waals surface area contributed by atoms with Crippen LogP contribution in [0.5, 0.6) is 0 Å². The fourth-order valence-corrected chi connectivity index (χ4v) is 2.68. The van der Waals surface area contributed by atoms with E-state index in [1.807, 2.05) is 6.07 Å². The van der Waals surface area contributed by atoms with Crippen LogP contribution in [0, 0.1) is 13.8 Å². The molecule has 0 unspecified atom stereocenters. The predicted molar refractivity (Wildman–Crippen MR) is 90.0 cm³/mol. The molecular formula is C19H20N2O3. The Morgan fingerprint density at radius 3 is 2.54 bits per heavy atom. The van der Waals surface area contributed by atoms with E-state index in [0.717, 1.165) is 18.4 Å². The standard InChI is InChI=1S/C19H20N2O3/c1-12-3-4-14(9-13(12)2)11-21(16-5-6-16)18(22)17-10-15(19(23)24)7-8-20-17/h3-4,7-10,16H,5-6,11H2,1-2H3,(H,23,24). The van der Waals surface area contributed by atoms with Gasteiger partial charge in [-0.25, -0.2) is 4.79 Å². The lowest BCUT2D eigenvalue weighted by Crippen LogP contribution is -2.33. The summed E-state index contributed by atoms with van der Waals surface area (Å²) >= 11 is 0. The van der Waals surface area contributed by atoms with Crippen LogP contribution in [0.15, 0.2) is 36.5 Å². The summed E-state index contributed by atoms with van der Waals surface area (Å²) in [6.07, 6.45) is 3.34. The molecule has 1 N–H and O–H groups in total. The number of hydrogen-bond acceptors (Lipinski definition) is 3. The zero-order chi connectivity index (χ0) is 17.3. The Morgan fingerprint density at radius 1 is 1.17 bits per heavy atom. The number of aromatic nitrogens is 1. The van der Waals surface area contributed by atoms with Gasteiger partial charge in [-0.3, -0.25) is 9.78 Å². The van der Waals surface area contributed by atoms with Crippen LogP contribution in [0.25, 0.3) is 0 Å². The topological polar surface area (TPSA) is 70.5 Å². The molecule has 5 nitrogen and oxygen atoms in total. The zero-order valence-electron chi connectivity index (χ0n) is 13.8. The Labute approximate surface area is 140 Å². The molecule has 0 aliphatic heterocycles. The highest BCUT2D eigenvalue weighted by Gasteiger charge is 2.33. The fraction of sp³-hybridized carbons (Fsp3) is 0.316. The van der Waals surface area contributed by atoms with Crippen molar-refractivity contribution >= 4 is 11.9 Å². The number of aryl methyl sites for hydroxylation is 2. The summed E-state index contributed by atoms with van der Waals surface area (Å²) in [6, 6.07) is 9.15.